The summed E-state index contributed by atoms with van der Waals surface area (Å²) in [7, 11) is 0. The van der Waals surface area contributed by atoms with Crippen LogP contribution in [0, 0.1) is 5.82 Å². The molecule has 3 rings (SSSR count). The second kappa shape index (κ2) is 6.66. The third kappa shape index (κ3) is 3.51. The number of hydrogen-bond acceptors (Lipinski definition) is 4. The van der Waals surface area contributed by atoms with Crippen LogP contribution in [0.1, 0.15) is 18.9 Å². The molecule has 1 aliphatic heterocycles. The summed E-state index contributed by atoms with van der Waals surface area (Å²) in [6, 6.07) is 8.65. The van der Waals surface area contributed by atoms with E-state index in [1.165, 1.54) is 18.3 Å². The van der Waals surface area contributed by atoms with Gasteiger partial charge in [-0.05, 0) is 30.7 Å². The maximum atomic E-state index is 13.6. The van der Waals surface area contributed by atoms with Gasteiger partial charge in [0.05, 0.1) is 6.54 Å². The van der Waals surface area contributed by atoms with E-state index in [1.54, 1.807) is 31.2 Å². The normalized spacial score (nSPS) is 17.6. The molecule has 124 valence electrons. The van der Waals surface area contributed by atoms with Crippen LogP contribution in [0.2, 0.25) is 0 Å². The number of carbonyl (C=O) groups is 2. The van der Waals surface area contributed by atoms with Crippen LogP contribution in [0.15, 0.2) is 42.6 Å². The molecular formula is C17H16FN3O3. The molecule has 24 heavy (non-hydrogen) atoms. The molecule has 2 aromatic rings. The first-order valence-electron chi connectivity index (χ1n) is 7.51. The van der Waals surface area contributed by atoms with Crippen molar-refractivity contribution in [1.82, 2.24) is 15.2 Å². The van der Waals surface area contributed by atoms with Gasteiger partial charge in [-0.1, -0.05) is 12.1 Å². The molecule has 1 saturated heterocycles. The van der Waals surface area contributed by atoms with Crippen molar-refractivity contribution in [1.29, 1.82) is 0 Å². The lowest BCUT2D eigenvalue weighted by Crippen LogP contribution is -2.53. The fraction of sp³-hybridized carbons (Fsp3) is 0.235. The van der Waals surface area contributed by atoms with Gasteiger partial charge in [-0.2, -0.15) is 0 Å². The first kappa shape index (κ1) is 15.9. The summed E-state index contributed by atoms with van der Waals surface area (Å²) in [6.07, 6.45) is 1.75. The van der Waals surface area contributed by atoms with Crippen molar-refractivity contribution in [3.8, 4) is 11.6 Å². The quantitative estimate of drug-likeness (QED) is 0.936. The lowest BCUT2D eigenvalue weighted by Gasteiger charge is -2.29. The third-order valence-electron chi connectivity index (χ3n) is 3.59. The Balaban J connectivity index is 1.75. The zero-order chi connectivity index (χ0) is 17.1. The summed E-state index contributed by atoms with van der Waals surface area (Å²) in [6.45, 7) is 1.88. The molecule has 7 heteroatoms. The number of benzene rings is 1. The van der Waals surface area contributed by atoms with Crippen LogP contribution in [-0.4, -0.2) is 27.9 Å². The minimum Gasteiger partial charge on any atom is -0.436 e. The molecule has 1 fully saturated rings. The highest BCUT2D eigenvalue weighted by Gasteiger charge is 2.29. The Morgan fingerprint density at radius 3 is 2.88 bits per heavy atom. The van der Waals surface area contributed by atoms with E-state index in [1.807, 2.05) is 0 Å². The average molecular weight is 329 g/mol. The van der Waals surface area contributed by atoms with Crippen molar-refractivity contribution in [2.75, 3.05) is 0 Å². The molecule has 1 atom stereocenters. The van der Waals surface area contributed by atoms with Crippen molar-refractivity contribution in [3.63, 3.8) is 0 Å². The van der Waals surface area contributed by atoms with Crippen LogP contribution in [0.25, 0.3) is 0 Å². The van der Waals surface area contributed by atoms with Gasteiger partial charge in [-0.25, -0.2) is 14.2 Å². The van der Waals surface area contributed by atoms with Gasteiger partial charge in [0.25, 0.3) is 0 Å². The van der Waals surface area contributed by atoms with Gasteiger partial charge in [0.1, 0.15) is 0 Å². The number of aromatic nitrogens is 1. The van der Waals surface area contributed by atoms with E-state index in [-0.39, 0.29) is 36.5 Å². The Labute approximate surface area is 138 Å². The summed E-state index contributed by atoms with van der Waals surface area (Å²) in [4.78, 5) is 29.1. The number of para-hydroxylation sites is 1. The SMILES string of the molecule is C[C@@H]1CC(=O)N(Cc2ccnc(Oc3ccccc3F)c2)C(=O)N1. The Hall–Kier alpha value is -2.96. The number of nitrogens with one attached hydrogen (secondary N) is 1. The van der Waals surface area contributed by atoms with Gasteiger partial charge in [0.2, 0.25) is 11.8 Å². The van der Waals surface area contributed by atoms with Crippen LogP contribution in [0.4, 0.5) is 9.18 Å². The minimum absolute atomic E-state index is 0.0581. The predicted molar refractivity (Wildman–Crippen MR) is 83.9 cm³/mol. The van der Waals surface area contributed by atoms with Crippen LogP contribution >= 0.6 is 0 Å². The van der Waals surface area contributed by atoms with Gasteiger partial charge in [0, 0.05) is 24.7 Å². The number of hydrogen-bond donors (Lipinski definition) is 1. The van der Waals surface area contributed by atoms with E-state index in [4.69, 9.17) is 4.74 Å². The number of nitrogens with zero attached hydrogens (tertiary/aromatic N) is 2. The molecule has 1 aliphatic rings. The maximum absolute atomic E-state index is 13.6. The number of urea groups is 1. The van der Waals surface area contributed by atoms with Gasteiger partial charge < -0.3 is 10.1 Å². The number of pyridine rings is 1. The summed E-state index contributed by atoms with van der Waals surface area (Å²) in [5.74, 6) is -0.484. The first-order valence-corrected chi connectivity index (χ1v) is 7.51. The van der Waals surface area contributed by atoms with Crippen LogP contribution in [0.5, 0.6) is 11.6 Å². The molecule has 0 radical (unpaired) electrons. The van der Waals surface area contributed by atoms with E-state index in [9.17, 15) is 14.0 Å². The van der Waals surface area contributed by atoms with Gasteiger partial charge in [-0.3, -0.25) is 9.69 Å². The number of halogens is 1. The summed E-state index contributed by atoms with van der Waals surface area (Å²) in [5.41, 5.74) is 0.661. The van der Waals surface area contributed by atoms with Crippen molar-refractivity contribution >= 4 is 11.9 Å². The van der Waals surface area contributed by atoms with Crippen molar-refractivity contribution < 1.29 is 18.7 Å². The molecule has 1 N–H and O–H groups in total. The minimum atomic E-state index is -0.496. The van der Waals surface area contributed by atoms with Gasteiger partial charge in [-0.15, -0.1) is 0 Å². The van der Waals surface area contributed by atoms with Crippen molar-refractivity contribution in [2.45, 2.75) is 25.9 Å². The van der Waals surface area contributed by atoms with E-state index in [2.05, 4.69) is 10.3 Å². The monoisotopic (exact) mass is 329 g/mol. The zero-order valence-corrected chi connectivity index (χ0v) is 13.0. The molecule has 2 heterocycles. The molecule has 1 aromatic heterocycles. The van der Waals surface area contributed by atoms with E-state index in [0.717, 1.165) is 4.90 Å². The number of rotatable bonds is 4. The Morgan fingerprint density at radius 1 is 1.33 bits per heavy atom. The van der Waals surface area contributed by atoms with Crippen LogP contribution in [0.3, 0.4) is 0 Å². The zero-order valence-electron chi connectivity index (χ0n) is 13.0. The molecule has 1 aromatic carbocycles. The first-order chi connectivity index (χ1) is 11.5. The predicted octanol–water partition coefficient (Wildman–Crippen LogP) is 2.84. The lowest BCUT2D eigenvalue weighted by atomic mass is 10.1. The number of imide groups is 1. The Kier molecular flexibility index (Phi) is 4.41. The maximum Gasteiger partial charge on any atom is 0.324 e. The van der Waals surface area contributed by atoms with Crippen molar-refractivity contribution in [3.05, 3.63) is 54.0 Å². The molecule has 0 spiro atoms. The van der Waals surface area contributed by atoms with Crippen LogP contribution in [-0.2, 0) is 11.3 Å². The highest BCUT2D eigenvalue weighted by molar-refractivity contribution is 5.97. The average Bonchev–Trinajstić information content (AvgIpc) is 2.53. The van der Waals surface area contributed by atoms with Crippen LogP contribution < -0.4 is 10.1 Å². The van der Waals surface area contributed by atoms with E-state index >= 15 is 0 Å². The Bertz CT molecular complexity index is 763. The second-order valence-corrected chi connectivity index (χ2v) is 5.57. The highest BCUT2D eigenvalue weighted by atomic mass is 19.1. The molecule has 0 bridgehead atoms. The van der Waals surface area contributed by atoms with Crippen molar-refractivity contribution in [2.24, 2.45) is 0 Å². The van der Waals surface area contributed by atoms with Gasteiger partial charge in [0.15, 0.2) is 11.6 Å². The summed E-state index contributed by atoms with van der Waals surface area (Å²) < 4.78 is 19.0. The third-order valence-corrected chi connectivity index (χ3v) is 3.59. The molecule has 0 unspecified atom stereocenters. The topological polar surface area (TPSA) is 71.5 Å². The molecule has 6 nitrogen and oxygen atoms in total. The summed E-state index contributed by atoms with van der Waals surface area (Å²) in [5, 5.41) is 2.71. The fourth-order valence-corrected chi connectivity index (χ4v) is 2.41. The largest absolute Gasteiger partial charge is 0.436 e. The van der Waals surface area contributed by atoms with E-state index in [0.29, 0.717) is 5.56 Å². The highest BCUT2D eigenvalue weighted by Crippen LogP contribution is 2.23. The standard InChI is InChI=1S/C17H16FN3O3/c1-11-8-16(22)21(17(23)20-11)10-12-6-7-19-15(9-12)24-14-5-3-2-4-13(14)18/h2-7,9,11H,8,10H2,1H3,(H,20,23)/t11-/m1/s1. The molecule has 0 saturated carbocycles. The Morgan fingerprint density at radius 2 is 2.12 bits per heavy atom. The molecule has 0 aliphatic carbocycles. The number of amides is 3. The molecule has 3 amide bonds. The fourth-order valence-electron chi connectivity index (χ4n) is 2.41. The second-order valence-electron chi connectivity index (χ2n) is 5.57. The van der Waals surface area contributed by atoms with E-state index < -0.39 is 11.8 Å². The lowest BCUT2D eigenvalue weighted by molar-refractivity contribution is -0.130. The van der Waals surface area contributed by atoms with Gasteiger partial charge >= 0.3 is 6.03 Å². The number of carbonyl (C=O) groups excluding carboxylic acids is 2. The molecular weight excluding hydrogens is 313 g/mol. The summed E-state index contributed by atoms with van der Waals surface area (Å²) >= 11 is 0. The smallest absolute Gasteiger partial charge is 0.324 e. The number of ether oxygens (including phenoxy) is 1.